The van der Waals surface area contributed by atoms with Gasteiger partial charge in [-0.3, -0.25) is 4.99 Å². The predicted molar refractivity (Wildman–Crippen MR) is 125 cm³/mol. The summed E-state index contributed by atoms with van der Waals surface area (Å²) in [6, 6.07) is 10.2. The van der Waals surface area contributed by atoms with E-state index >= 15 is 0 Å². The van der Waals surface area contributed by atoms with Crippen molar-refractivity contribution < 1.29 is 9.47 Å². The molecule has 0 atom stereocenters. The Hall–Kier alpha value is -3.22. The van der Waals surface area contributed by atoms with Crippen LogP contribution in [0.1, 0.15) is 30.7 Å². The van der Waals surface area contributed by atoms with Gasteiger partial charge in [-0.25, -0.2) is 4.98 Å². The van der Waals surface area contributed by atoms with E-state index in [2.05, 4.69) is 51.3 Å². The van der Waals surface area contributed by atoms with Crippen molar-refractivity contribution >= 4 is 11.6 Å². The van der Waals surface area contributed by atoms with Gasteiger partial charge >= 0.3 is 0 Å². The van der Waals surface area contributed by atoms with Gasteiger partial charge in [-0.1, -0.05) is 12.1 Å². The number of aryl methyl sites for hydroxylation is 1. The van der Waals surface area contributed by atoms with Crippen LogP contribution in [0.15, 0.2) is 47.7 Å². The first-order valence-electron chi connectivity index (χ1n) is 10.9. The number of imidazole rings is 1. The number of pyridine rings is 1. The van der Waals surface area contributed by atoms with E-state index in [1.54, 1.807) is 7.05 Å². The Bertz CT molecular complexity index is 1010. The van der Waals surface area contributed by atoms with E-state index < -0.39 is 0 Å². The number of fused-ring (bicyclic) bond motifs is 1. The van der Waals surface area contributed by atoms with Crippen molar-refractivity contribution in [1.82, 2.24) is 20.0 Å². The highest BCUT2D eigenvalue weighted by Crippen LogP contribution is 2.28. The van der Waals surface area contributed by atoms with Crippen LogP contribution in [0, 0.1) is 6.92 Å². The fourth-order valence-electron chi connectivity index (χ4n) is 3.43. The zero-order valence-electron chi connectivity index (χ0n) is 18.9. The van der Waals surface area contributed by atoms with Gasteiger partial charge in [-0.2, -0.15) is 0 Å². The highest BCUT2D eigenvalue weighted by Gasteiger charge is 2.07. The number of benzene rings is 1. The fourth-order valence-corrected chi connectivity index (χ4v) is 3.43. The summed E-state index contributed by atoms with van der Waals surface area (Å²) in [5.41, 5.74) is 4.45. The summed E-state index contributed by atoms with van der Waals surface area (Å²) in [5.74, 6) is 2.38. The van der Waals surface area contributed by atoms with Crippen LogP contribution >= 0.6 is 0 Å². The van der Waals surface area contributed by atoms with Crippen LogP contribution < -0.4 is 20.1 Å². The first kappa shape index (κ1) is 22.5. The number of hydrogen-bond donors (Lipinski definition) is 2. The third-order valence-electron chi connectivity index (χ3n) is 4.94. The smallest absolute Gasteiger partial charge is 0.190 e. The largest absolute Gasteiger partial charge is 0.490 e. The van der Waals surface area contributed by atoms with Crippen molar-refractivity contribution in [3.05, 3.63) is 59.5 Å². The molecule has 0 bridgehead atoms. The number of rotatable bonds is 10. The second kappa shape index (κ2) is 11.2. The molecule has 0 radical (unpaired) electrons. The fraction of sp³-hybridized carbons (Fsp3) is 0.417. The van der Waals surface area contributed by atoms with Gasteiger partial charge in [0.1, 0.15) is 5.65 Å². The quantitative estimate of drug-likeness (QED) is 0.386. The van der Waals surface area contributed by atoms with E-state index in [9.17, 15) is 0 Å². The van der Waals surface area contributed by atoms with Crippen molar-refractivity contribution in [2.24, 2.45) is 4.99 Å². The van der Waals surface area contributed by atoms with Crippen LogP contribution in [0.5, 0.6) is 11.5 Å². The first-order chi connectivity index (χ1) is 15.1. The molecule has 0 fully saturated rings. The number of nitrogens with zero attached hydrogens (tertiary/aromatic N) is 3. The molecule has 0 saturated carbocycles. The lowest BCUT2D eigenvalue weighted by atomic mass is 10.1. The molecule has 0 aliphatic rings. The Balaban J connectivity index is 1.47. The predicted octanol–water partition coefficient (Wildman–Crippen LogP) is 3.39. The third kappa shape index (κ3) is 6.13. The van der Waals surface area contributed by atoms with Gasteiger partial charge in [0, 0.05) is 39.0 Å². The highest BCUT2D eigenvalue weighted by molar-refractivity contribution is 5.79. The van der Waals surface area contributed by atoms with Crippen LogP contribution in [0.25, 0.3) is 5.65 Å². The van der Waals surface area contributed by atoms with Crippen LogP contribution in [-0.4, -0.2) is 48.7 Å². The zero-order valence-corrected chi connectivity index (χ0v) is 18.9. The Morgan fingerprint density at radius 1 is 1.03 bits per heavy atom. The number of aromatic nitrogens is 2. The normalized spacial score (nSPS) is 11.5. The zero-order chi connectivity index (χ0) is 22.1. The van der Waals surface area contributed by atoms with Gasteiger partial charge in [0.25, 0.3) is 0 Å². The molecule has 0 unspecified atom stereocenters. The Morgan fingerprint density at radius 2 is 1.77 bits per heavy atom. The van der Waals surface area contributed by atoms with Gasteiger partial charge in [-0.15, -0.1) is 0 Å². The SMILES string of the molecule is CCOc1ccc(CCNC(=NC)NCCc2cn3cccc(C)c3n2)cc1OCC. The minimum Gasteiger partial charge on any atom is -0.490 e. The monoisotopic (exact) mass is 423 g/mol. The molecule has 1 aromatic carbocycles. The number of nitrogens with one attached hydrogen (secondary N) is 2. The lowest BCUT2D eigenvalue weighted by molar-refractivity contribution is 0.287. The summed E-state index contributed by atoms with van der Waals surface area (Å²) in [5, 5.41) is 6.74. The summed E-state index contributed by atoms with van der Waals surface area (Å²) in [7, 11) is 1.79. The number of ether oxygens (including phenoxy) is 2. The van der Waals surface area contributed by atoms with E-state index in [1.807, 2.05) is 32.2 Å². The van der Waals surface area contributed by atoms with Crippen molar-refractivity contribution in [3.8, 4) is 11.5 Å². The lowest BCUT2D eigenvalue weighted by Crippen LogP contribution is -2.39. The molecule has 0 aliphatic carbocycles. The number of guanidine groups is 1. The molecule has 0 saturated heterocycles. The van der Waals surface area contributed by atoms with Crippen LogP contribution in [-0.2, 0) is 12.8 Å². The maximum atomic E-state index is 5.71. The van der Waals surface area contributed by atoms with E-state index in [1.165, 1.54) is 11.1 Å². The maximum absolute atomic E-state index is 5.71. The molecule has 2 heterocycles. The summed E-state index contributed by atoms with van der Waals surface area (Å²) in [6.45, 7) is 8.81. The third-order valence-corrected chi connectivity index (χ3v) is 4.94. The molecular formula is C24H33N5O2. The molecular weight excluding hydrogens is 390 g/mol. The van der Waals surface area contributed by atoms with E-state index in [0.29, 0.717) is 13.2 Å². The first-order valence-corrected chi connectivity index (χ1v) is 10.9. The van der Waals surface area contributed by atoms with Gasteiger partial charge in [0.15, 0.2) is 17.5 Å². The Labute approximate surface area is 184 Å². The lowest BCUT2D eigenvalue weighted by Gasteiger charge is -2.14. The Morgan fingerprint density at radius 3 is 2.48 bits per heavy atom. The highest BCUT2D eigenvalue weighted by atomic mass is 16.5. The molecule has 0 spiro atoms. The Kier molecular flexibility index (Phi) is 8.15. The van der Waals surface area contributed by atoms with Crippen LogP contribution in [0.4, 0.5) is 0 Å². The topological polar surface area (TPSA) is 72.2 Å². The summed E-state index contributed by atoms with van der Waals surface area (Å²) < 4.78 is 13.4. The second-order valence-electron chi connectivity index (χ2n) is 7.23. The van der Waals surface area contributed by atoms with Crippen molar-refractivity contribution in [2.45, 2.75) is 33.6 Å². The summed E-state index contributed by atoms with van der Waals surface area (Å²) in [4.78, 5) is 9.04. The average Bonchev–Trinajstić information content (AvgIpc) is 3.19. The van der Waals surface area contributed by atoms with E-state index in [-0.39, 0.29) is 0 Å². The molecule has 2 N–H and O–H groups in total. The minimum absolute atomic E-state index is 0.615. The average molecular weight is 424 g/mol. The van der Waals surface area contributed by atoms with Gasteiger partial charge in [-0.05, 0) is 56.5 Å². The van der Waals surface area contributed by atoms with Crippen molar-refractivity contribution in [3.63, 3.8) is 0 Å². The molecule has 7 heteroatoms. The molecule has 2 aromatic heterocycles. The van der Waals surface area contributed by atoms with Crippen LogP contribution in [0.2, 0.25) is 0 Å². The van der Waals surface area contributed by atoms with Gasteiger partial charge in [0.2, 0.25) is 0 Å². The molecule has 166 valence electrons. The second-order valence-corrected chi connectivity index (χ2v) is 7.23. The van der Waals surface area contributed by atoms with Crippen molar-refractivity contribution in [1.29, 1.82) is 0 Å². The van der Waals surface area contributed by atoms with E-state index in [4.69, 9.17) is 14.5 Å². The molecule has 0 amide bonds. The van der Waals surface area contributed by atoms with Gasteiger partial charge in [0.05, 0.1) is 18.9 Å². The molecule has 3 rings (SSSR count). The number of hydrogen-bond acceptors (Lipinski definition) is 4. The molecule has 3 aromatic rings. The van der Waals surface area contributed by atoms with Crippen LogP contribution in [0.3, 0.4) is 0 Å². The van der Waals surface area contributed by atoms with Crippen molar-refractivity contribution in [2.75, 3.05) is 33.4 Å². The summed E-state index contributed by atoms with van der Waals surface area (Å²) in [6.07, 6.45) is 5.81. The van der Waals surface area contributed by atoms with E-state index in [0.717, 1.165) is 54.7 Å². The minimum atomic E-state index is 0.615. The van der Waals surface area contributed by atoms with Gasteiger partial charge < -0.3 is 24.5 Å². The summed E-state index contributed by atoms with van der Waals surface area (Å²) >= 11 is 0. The molecule has 0 aliphatic heterocycles. The molecule has 31 heavy (non-hydrogen) atoms. The number of aliphatic imine (C=N–C) groups is 1. The maximum Gasteiger partial charge on any atom is 0.190 e. The standard InChI is InChI=1S/C24H33N5O2/c1-5-30-21-10-9-19(16-22(21)31-6-2)11-13-26-24(25-4)27-14-12-20-17-29-15-7-8-18(3)23(29)28-20/h7-10,15-17H,5-6,11-14H2,1-4H3,(H2,25,26,27). The molecule has 7 nitrogen and oxygen atoms in total.